The van der Waals surface area contributed by atoms with Gasteiger partial charge < -0.3 is 10.0 Å². The van der Waals surface area contributed by atoms with E-state index < -0.39 is 5.97 Å². The fourth-order valence-corrected chi connectivity index (χ4v) is 4.77. The molecule has 1 N–H and O–H groups in total. The van der Waals surface area contributed by atoms with Crippen LogP contribution >= 0.6 is 15.9 Å². The number of anilines is 1. The molecule has 0 saturated carbocycles. The summed E-state index contributed by atoms with van der Waals surface area (Å²) in [5, 5.41) is 9.99. The average Bonchev–Trinajstić information content (AvgIpc) is 2.99. The molecule has 0 aliphatic rings. The summed E-state index contributed by atoms with van der Waals surface area (Å²) >= 11 is 3.55. The Morgan fingerprint density at radius 2 is 1.66 bits per heavy atom. The molecular weight excluding hydrogens is 430 g/mol. The number of aryl methyl sites for hydroxylation is 3. The quantitative estimate of drug-likeness (QED) is 0.471. The molecule has 6 heteroatoms. The van der Waals surface area contributed by atoms with E-state index in [2.05, 4.69) is 46.8 Å². The highest BCUT2D eigenvalue weighted by molar-refractivity contribution is 9.10. The van der Waals surface area contributed by atoms with Gasteiger partial charge in [0.2, 0.25) is 0 Å². The second kappa shape index (κ2) is 8.57. The van der Waals surface area contributed by atoms with E-state index >= 15 is 0 Å². The highest BCUT2D eigenvalue weighted by Crippen LogP contribution is 2.36. The molecule has 2 aromatic heterocycles. The van der Waals surface area contributed by atoms with Crippen molar-refractivity contribution in [2.24, 2.45) is 0 Å². The molecule has 5 nitrogen and oxygen atoms in total. The Labute approximate surface area is 180 Å². The summed E-state index contributed by atoms with van der Waals surface area (Å²) in [6.07, 6.45) is 1.98. The smallest absolute Gasteiger partial charge is 0.352 e. The van der Waals surface area contributed by atoms with E-state index in [1.165, 1.54) is 0 Å². The third-order valence-electron chi connectivity index (χ3n) is 5.12. The van der Waals surface area contributed by atoms with Crippen molar-refractivity contribution in [3.63, 3.8) is 0 Å². The molecule has 2 heterocycles. The largest absolute Gasteiger partial charge is 0.477 e. The maximum absolute atomic E-state index is 12.2. The van der Waals surface area contributed by atoms with Crippen molar-refractivity contribution in [2.75, 3.05) is 18.0 Å². The fraction of sp³-hybridized carbons (Fsp3) is 0.391. The van der Waals surface area contributed by atoms with Gasteiger partial charge in [-0.2, -0.15) is 0 Å². The standard InChI is InChI=1S/C23H28BrN3O2/c1-6-8-26(9-7-2)20-12-16(5)25-22-18(13-19(23(28)29)27(20)22)21-14(3)10-17(24)11-15(21)4/h10-13H,6-9H2,1-5H3,(H,28,29). The van der Waals surface area contributed by atoms with Gasteiger partial charge in [-0.25, -0.2) is 9.78 Å². The SMILES string of the molecule is CCCN(CCC)c1cc(C)nc2c(-c3c(C)cc(Br)cc3C)cc(C(=O)O)n12. The van der Waals surface area contributed by atoms with Gasteiger partial charge in [0.15, 0.2) is 0 Å². The maximum Gasteiger partial charge on any atom is 0.352 e. The second-order valence-electron chi connectivity index (χ2n) is 7.56. The average molecular weight is 458 g/mol. The van der Waals surface area contributed by atoms with Gasteiger partial charge in [-0.3, -0.25) is 4.40 Å². The van der Waals surface area contributed by atoms with Gasteiger partial charge in [-0.15, -0.1) is 0 Å². The minimum absolute atomic E-state index is 0.247. The highest BCUT2D eigenvalue weighted by atomic mass is 79.9. The summed E-state index contributed by atoms with van der Waals surface area (Å²) in [5.74, 6) is -0.0502. The number of nitrogens with zero attached hydrogens (tertiary/aromatic N) is 3. The summed E-state index contributed by atoms with van der Waals surface area (Å²) < 4.78 is 2.83. The second-order valence-corrected chi connectivity index (χ2v) is 8.48. The summed E-state index contributed by atoms with van der Waals surface area (Å²) in [5.41, 5.74) is 5.91. The van der Waals surface area contributed by atoms with Crippen LogP contribution in [0.3, 0.4) is 0 Å². The molecule has 0 saturated heterocycles. The van der Waals surface area contributed by atoms with Crippen LogP contribution in [0.4, 0.5) is 5.82 Å². The predicted molar refractivity (Wildman–Crippen MR) is 122 cm³/mol. The molecule has 0 amide bonds. The number of rotatable bonds is 7. The zero-order valence-electron chi connectivity index (χ0n) is 17.7. The van der Waals surface area contributed by atoms with Crippen molar-refractivity contribution >= 4 is 33.4 Å². The van der Waals surface area contributed by atoms with Crippen LogP contribution < -0.4 is 4.90 Å². The van der Waals surface area contributed by atoms with Crippen LogP contribution in [0, 0.1) is 20.8 Å². The number of halogens is 1. The third-order valence-corrected chi connectivity index (χ3v) is 5.58. The van der Waals surface area contributed by atoms with E-state index in [1.54, 1.807) is 6.07 Å². The summed E-state index contributed by atoms with van der Waals surface area (Å²) in [7, 11) is 0. The molecule has 0 unspecified atom stereocenters. The molecular formula is C23H28BrN3O2. The molecule has 0 radical (unpaired) electrons. The molecule has 29 heavy (non-hydrogen) atoms. The van der Waals surface area contributed by atoms with Crippen molar-refractivity contribution in [3.05, 3.63) is 51.3 Å². The van der Waals surface area contributed by atoms with Crippen molar-refractivity contribution < 1.29 is 9.90 Å². The third kappa shape index (κ3) is 4.04. The number of carboxylic acids is 1. The van der Waals surface area contributed by atoms with Crippen LogP contribution in [0.1, 0.15) is 54.0 Å². The van der Waals surface area contributed by atoms with E-state index in [9.17, 15) is 9.90 Å². The Kier molecular flexibility index (Phi) is 6.32. The van der Waals surface area contributed by atoms with Crippen LogP contribution in [-0.4, -0.2) is 33.6 Å². The number of hydrogen-bond donors (Lipinski definition) is 1. The van der Waals surface area contributed by atoms with E-state index in [0.717, 1.165) is 64.2 Å². The zero-order chi connectivity index (χ0) is 21.3. The van der Waals surface area contributed by atoms with Gasteiger partial charge in [0.25, 0.3) is 0 Å². The molecule has 0 aliphatic carbocycles. The molecule has 154 valence electrons. The monoisotopic (exact) mass is 457 g/mol. The lowest BCUT2D eigenvalue weighted by Gasteiger charge is -2.25. The van der Waals surface area contributed by atoms with Gasteiger partial charge in [0.1, 0.15) is 17.2 Å². The first-order valence-corrected chi connectivity index (χ1v) is 10.9. The minimum atomic E-state index is -0.946. The summed E-state index contributed by atoms with van der Waals surface area (Å²) in [6.45, 7) is 12.1. The van der Waals surface area contributed by atoms with Crippen LogP contribution in [0.2, 0.25) is 0 Å². The Hall–Kier alpha value is -2.34. The van der Waals surface area contributed by atoms with Gasteiger partial charge >= 0.3 is 5.97 Å². The number of carbonyl (C=O) groups is 1. The Morgan fingerprint density at radius 1 is 1.07 bits per heavy atom. The Bertz CT molecular complexity index is 1040. The number of aromatic carboxylic acids is 1. The van der Waals surface area contributed by atoms with Crippen molar-refractivity contribution in [1.29, 1.82) is 0 Å². The van der Waals surface area contributed by atoms with Crippen LogP contribution in [0.25, 0.3) is 16.8 Å². The molecule has 0 bridgehead atoms. The first kappa shape index (κ1) is 21.4. The lowest BCUT2D eigenvalue weighted by atomic mass is 9.97. The topological polar surface area (TPSA) is 57.8 Å². The lowest BCUT2D eigenvalue weighted by molar-refractivity contribution is 0.0689. The molecule has 0 spiro atoms. The molecule has 0 atom stereocenters. The number of carboxylic acid groups (broad SMARTS) is 1. The number of hydrogen-bond acceptors (Lipinski definition) is 3. The number of fused-ring (bicyclic) bond motifs is 1. The normalized spacial score (nSPS) is 11.2. The van der Waals surface area contributed by atoms with Crippen molar-refractivity contribution in [3.8, 4) is 11.1 Å². The Morgan fingerprint density at radius 3 is 2.17 bits per heavy atom. The van der Waals surface area contributed by atoms with Gasteiger partial charge in [-0.1, -0.05) is 29.8 Å². The van der Waals surface area contributed by atoms with Crippen molar-refractivity contribution in [2.45, 2.75) is 47.5 Å². The first-order chi connectivity index (χ1) is 13.8. The highest BCUT2D eigenvalue weighted by Gasteiger charge is 2.23. The van der Waals surface area contributed by atoms with E-state index in [1.807, 2.05) is 31.2 Å². The summed E-state index contributed by atoms with van der Waals surface area (Å²) in [6, 6.07) is 7.88. The van der Waals surface area contributed by atoms with Crippen LogP contribution in [0.15, 0.2) is 28.7 Å². The van der Waals surface area contributed by atoms with Gasteiger partial charge in [0.05, 0.1) is 0 Å². The van der Waals surface area contributed by atoms with E-state index in [0.29, 0.717) is 5.65 Å². The molecule has 3 aromatic rings. The Balaban J connectivity index is 2.40. The predicted octanol–water partition coefficient (Wildman–Crippen LogP) is 6.01. The fourth-order valence-electron chi connectivity index (χ4n) is 4.08. The van der Waals surface area contributed by atoms with Gasteiger partial charge in [-0.05, 0) is 68.5 Å². The van der Waals surface area contributed by atoms with Crippen LogP contribution in [0.5, 0.6) is 0 Å². The van der Waals surface area contributed by atoms with Gasteiger partial charge in [0, 0.05) is 34.9 Å². The van der Waals surface area contributed by atoms with E-state index in [-0.39, 0.29) is 5.69 Å². The number of benzene rings is 1. The zero-order valence-corrected chi connectivity index (χ0v) is 19.3. The van der Waals surface area contributed by atoms with Crippen molar-refractivity contribution in [1.82, 2.24) is 9.38 Å². The molecule has 0 fully saturated rings. The summed E-state index contributed by atoms with van der Waals surface area (Å²) in [4.78, 5) is 19.2. The molecule has 0 aliphatic heterocycles. The number of aromatic nitrogens is 2. The lowest BCUT2D eigenvalue weighted by Crippen LogP contribution is -2.28. The van der Waals surface area contributed by atoms with E-state index in [4.69, 9.17) is 4.98 Å². The van der Waals surface area contributed by atoms with Crippen LogP contribution in [-0.2, 0) is 0 Å². The maximum atomic E-state index is 12.2. The first-order valence-electron chi connectivity index (χ1n) is 10.1. The minimum Gasteiger partial charge on any atom is -0.477 e. The molecule has 1 aromatic carbocycles. The molecule has 3 rings (SSSR count).